The number of H-pyrrole nitrogens is 1. The summed E-state index contributed by atoms with van der Waals surface area (Å²) in [5.74, 6) is -2.34. The van der Waals surface area contributed by atoms with E-state index in [-0.39, 0.29) is 34.2 Å². The average molecular weight is 319 g/mol. The zero-order chi connectivity index (χ0) is 16.7. The van der Waals surface area contributed by atoms with Gasteiger partial charge in [0.15, 0.2) is 0 Å². The summed E-state index contributed by atoms with van der Waals surface area (Å²) in [7, 11) is 0. The number of hydrogen-bond acceptors (Lipinski definition) is 2. The lowest BCUT2D eigenvalue weighted by molar-refractivity contribution is 0.479. The Morgan fingerprint density at radius 3 is 2.52 bits per heavy atom. The van der Waals surface area contributed by atoms with Gasteiger partial charge in [-0.1, -0.05) is 6.07 Å². The summed E-state index contributed by atoms with van der Waals surface area (Å²) in [5, 5.41) is 10.1. The molecule has 0 aliphatic rings. The van der Waals surface area contributed by atoms with Gasteiger partial charge < -0.3 is 10.1 Å². The van der Waals surface area contributed by atoms with E-state index in [1.807, 2.05) is 0 Å². The number of pyridine rings is 1. The van der Waals surface area contributed by atoms with Crippen molar-refractivity contribution < 1.29 is 18.3 Å². The summed E-state index contributed by atoms with van der Waals surface area (Å²) in [6.45, 7) is 1.55. The molecule has 3 nitrogen and oxygen atoms in total. The van der Waals surface area contributed by atoms with Crippen LogP contribution in [0.1, 0.15) is 16.7 Å². The number of aromatic hydroxyl groups is 1. The van der Waals surface area contributed by atoms with Gasteiger partial charge in [-0.2, -0.15) is 0 Å². The predicted molar refractivity (Wildman–Crippen MR) is 80.1 cm³/mol. The van der Waals surface area contributed by atoms with Crippen LogP contribution in [0.2, 0.25) is 0 Å². The van der Waals surface area contributed by atoms with E-state index >= 15 is 0 Å². The van der Waals surface area contributed by atoms with Crippen molar-refractivity contribution in [2.45, 2.75) is 13.3 Å². The van der Waals surface area contributed by atoms with Crippen LogP contribution in [-0.2, 0) is 6.42 Å². The predicted octanol–water partition coefficient (Wildman–Crippen LogP) is 3.55. The first-order valence-electron chi connectivity index (χ1n) is 6.85. The monoisotopic (exact) mass is 319 g/mol. The van der Waals surface area contributed by atoms with Crippen LogP contribution in [0.3, 0.4) is 0 Å². The van der Waals surface area contributed by atoms with Crippen LogP contribution < -0.4 is 5.56 Å². The molecule has 0 aliphatic carbocycles. The zero-order valence-electron chi connectivity index (χ0n) is 12.1. The van der Waals surface area contributed by atoms with Crippen molar-refractivity contribution in [2.75, 3.05) is 0 Å². The summed E-state index contributed by atoms with van der Waals surface area (Å²) in [5.41, 5.74) is -0.0114. The van der Waals surface area contributed by atoms with E-state index in [2.05, 4.69) is 4.98 Å². The van der Waals surface area contributed by atoms with Crippen molar-refractivity contribution in [3.8, 4) is 5.75 Å². The van der Waals surface area contributed by atoms with Crippen LogP contribution in [0.4, 0.5) is 13.2 Å². The molecule has 1 heterocycles. The molecule has 0 saturated heterocycles. The summed E-state index contributed by atoms with van der Waals surface area (Å²) >= 11 is 0. The van der Waals surface area contributed by atoms with E-state index in [9.17, 15) is 23.1 Å². The largest absolute Gasteiger partial charge is 0.507 e. The maximum atomic E-state index is 13.8. The van der Waals surface area contributed by atoms with Crippen LogP contribution in [-0.4, -0.2) is 10.1 Å². The Balaban J connectivity index is 2.22. The third-order valence-electron chi connectivity index (χ3n) is 3.86. The lowest BCUT2D eigenvalue weighted by atomic mass is 9.98. The maximum Gasteiger partial charge on any atom is 0.252 e. The number of hydrogen-bond donors (Lipinski definition) is 2. The van der Waals surface area contributed by atoms with E-state index in [0.717, 1.165) is 18.2 Å². The van der Waals surface area contributed by atoms with Gasteiger partial charge >= 0.3 is 0 Å². The van der Waals surface area contributed by atoms with Gasteiger partial charge in [-0.05, 0) is 36.2 Å². The highest BCUT2D eigenvalue weighted by atomic mass is 19.1. The topological polar surface area (TPSA) is 53.1 Å². The third kappa shape index (κ3) is 2.56. The van der Waals surface area contributed by atoms with E-state index < -0.39 is 23.0 Å². The first-order valence-corrected chi connectivity index (χ1v) is 6.85. The van der Waals surface area contributed by atoms with Gasteiger partial charge in [0.2, 0.25) is 0 Å². The second kappa shape index (κ2) is 5.46. The Morgan fingerprint density at radius 2 is 1.83 bits per heavy atom. The van der Waals surface area contributed by atoms with Crippen molar-refractivity contribution in [3.05, 3.63) is 74.8 Å². The molecule has 0 saturated carbocycles. The average Bonchev–Trinajstić information content (AvgIpc) is 2.49. The highest BCUT2D eigenvalue weighted by Gasteiger charge is 2.16. The Morgan fingerprint density at radius 1 is 1.09 bits per heavy atom. The third-order valence-corrected chi connectivity index (χ3v) is 3.86. The second-order valence-electron chi connectivity index (χ2n) is 5.29. The minimum absolute atomic E-state index is 0.0980. The van der Waals surface area contributed by atoms with Crippen molar-refractivity contribution in [2.24, 2.45) is 0 Å². The minimum Gasteiger partial charge on any atom is -0.507 e. The Kier molecular flexibility index (Phi) is 3.60. The number of benzene rings is 2. The summed E-state index contributed by atoms with van der Waals surface area (Å²) in [6.07, 6.45) is -0.0980. The molecule has 0 bridgehead atoms. The maximum absolute atomic E-state index is 13.8. The van der Waals surface area contributed by atoms with Crippen LogP contribution in [0, 0.1) is 24.4 Å². The number of aromatic nitrogens is 1. The standard InChI is InChI=1S/C17H12F3NO2/c1-8-11(6-9-2-3-10(18)7-13(9)20)17(23)21-16-12(19)4-5-14(22)15(8)16/h2-5,7,22H,6H2,1H3,(H,21,23). The van der Waals surface area contributed by atoms with Crippen molar-refractivity contribution in [1.82, 2.24) is 4.98 Å². The van der Waals surface area contributed by atoms with E-state index in [4.69, 9.17) is 0 Å². The molecule has 3 aromatic rings. The first-order chi connectivity index (χ1) is 10.9. The quantitative estimate of drug-likeness (QED) is 0.759. The van der Waals surface area contributed by atoms with Crippen molar-refractivity contribution in [3.63, 3.8) is 0 Å². The second-order valence-corrected chi connectivity index (χ2v) is 5.29. The van der Waals surface area contributed by atoms with Gasteiger partial charge in [-0.3, -0.25) is 4.79 Å². The number of rotatable bonds is 2. The van der Waals surface area contributed by atoms with Gasteiger partial charge in [0, 0.05) is 23.4 Å². The highest BCUT2D eigenvalue weighted by molar-refractivity contribution is 5.89. The Labute approximate surface area is 129 Å². The summed E-state index contributed by atoms with van der Waals surface area (Å²) in [6, 6.07) is 5.31. The highest BCUT2D eigenvalue weighted by Crippen LogP contribution is 2.29. The summed E-state index contributed by atoms with van der Waals surface area (Å²) < 4.78 is 40.6. The molecular formula is C17H12F3NO2. The first kappa shape index (κ1) is 15.1. The van der Waals surface area contributed by atoms with Crippen LogP contribution in [0.25, 0.3) is 10.9 Å². The molecule has 1 aromatic heterocycles. The Hall–Kier alpha value is -2.76. The van der Waals surface area contributed by atoms with Crippen LogP contribution >= 0.6 is 0 Å². The fraction of sp³-hybridized carbons (Fsp3) is 0.118. The summed E-state index contributed by atoms with van der Waals surface area (Å²) in [4.78, 5) is 14.6. The lowest BCUT2D eigenvalue weighted by Crippen LogP contribution is -2.16. The number of fused-ring (bicyclic) bond motifs is 1. The number of halogens is 3. The molecule has 6 heteroatoms. The number of phenols is 1. The zero-order valence-corrected chi connectivity index (χ0v) is 12.1. The normalized spacial score (nSPS) is 11.1. The molecule has 0 unspecified atom stereocenters. The fourth-order valence-electron chi connectivity index (χ4n) is 2.65. The number of phenolic OH excluding ortho intramolecular Hbond substituents is 1. The van der Waals surface area contributed by atoms with Gasteiger partial charge in [0.05, 0.1) is 5.52 Å². The molecule has 2 aromatic carbocycles. The molecule has 0 radical (unpaired) electrons. The van der Waals surface area contributed by atoms with E-state index in [0.29, 0.717) is 5.56 Å². The van der Waals surface area contributed by atoms with Crippen molar-refractivity contribution in [1.29, 1.82) is 0 Å². The molecule has 0 atom stereocenters. The smallest absolute Gasteiger partial charge is 0.252 e. The molecule has 0 spiro atoms. The van der Waals surface area contributed by atoms with Gasteiger partial charge in [0.1, 0.15) is 23.2 Å². The lowest BCUT2D eigenvalue weighted by Gasteiger charge is -2.11. The molecule has 3 rings (SSSR count). The fourth-order valence-corrected chi connectivity index (χ4v) is 2.65. The number of nitrogens with one attached hydrogen (secondary N) is 1. The molecule has 2 N–H and O–H groups in total. The van der Waals surface area contributed by atoms with Gasteiger partial charge in [0.25, 0.3) is 5.56 Å². The molecule has 0 fully saturated rings. The molecule has 0 amide bonds. The SMILES string of the molecule is Cc1c(Cc2ccc(F)cc2F)c(=O)[nH]c2c(F)ccc(O)c12. The van der Waals surface area contributed by atoms with Gasteiger partial charge in [-0.15, -0.1) is 0 Å². The minimum atomic E-state index is -0.771. The van der Waals surface area contributed by atoms with E-state index in [1.165, 1.54) is 12.1 Å². The van der Waals surface area contributed by atoms with Crippen LogP contribution in [0.5, 0.6) is 5.75 Å². The number of aromatic amines is 1. The molecule has 118 valence electrons. The molecular weight excluding hydrogens is 307 g/mol. The van der Waals surface area contributed by atoms with Crippen molar-refractivity contribution >= 4 is 10.9 Å². The van der Waals surface area contributed by atoms with Gasteiger partial charge in [-0.25, -0.2) is 13.2 Å². The van der Waals surface area contributed by atoms with Crippen LogP contribution in [0.15, 0.2) is 35.1 Å². The van der Waals surface area contributed by atoms with E-state index in [1.54, 1.807) is 6.92 Å². The number of aryl methyl sites for hydroxylation is 1. The molecule has 23 heavy (non-hydrogen) atoms. The Bertz CT molecular complexity index is 980. The molecule has 0 aliphatic heterocycles.